The Morgan fingerprint density at radius 1 is 0.842 bits per heavy atom. The van der Waals surface area contributed by atoms with E-state index in [-0.39, 0.29) is 0 Å². The van der Waals surface area contributed by atoms with Gasteiger partial charge in [0.05, 0.1) is 0 Å². The van der Waals surface area contributed by atoms with Crippen LogP contribution in [-0.2, 0) is 12.8 Å². The van der Waals surface area contributed by atoms with Crippen molar-refractivity contribution in [3.05, 3.63) is 35.4 Å². The molecule has 0 amide bonds. The van der Waals surface area contributed by atoms with E-state index in [0.717, 1.165) is 12.8 Å². The van der Waals surface area contributed by atoms with Crippen molar-refractivity contribution in [2.75, 3.05) is 0 Å². The van der Waals surface area contributed by atoms with Crippen LogP contribution in [0.25, 0.3) is 0 Å². The highest BCUT2D eigenvalue weighted by molar-refractivity contribution is 5.23. The van der Waals surface area contributed by atoms with Gasteiger partial charge in [-0.3, -0.25) is 0 Å². The number of benzene rings is 1. The van der Waals surface area contributed by atoms with E-state index in [9.17, 15) is 0 Å². The maximum Gasteiger partial charge on any atom is 0.00793 e. The van der Waals surface area contributed by atoms with Gasteiger partial charge < -0.3 is 5.73 Å². The second-order valence-corrected chi connectivity index (χ2v) is 5.69. The second-order valence-electron chi connectivity index (χ2n) is 5.69. The zero-order valence-electron chi connectivity index (χ0n) is 12.8. The van der Waals surface area contributed by atoms with Crippen molar-refractivity contribution >= 4 is 0 Å². The first-order valence-electron chi connectivity index (χ1n) is 8.09. The summed E-state index contributed by atoms with van der Waals surface area (Å²) in [6.45, 7) is 4.46. The van der Waals surface area contributed by atoms with E-state index < -0.39 is 0 Å². The van der Waals surface area contributed by atoms with Gasteiger partial charge in [0.1, 0.15) is 0 Å². The third-order valence-electron chi connectivity index (χ3n) is 3.86. The van der Waals surface area contributed by atoms with E-state index in [1.165, 1.54) is 56.1 Å². The summed E-state index contributed by atoms with van der Waals surface area (Å²) in [5.41, 5.74) is 9.01. The number of nitrogens with two attached hydrogens (primary N) is 1. The Hall–Kier alpha value is -0.820. The van der Waals surface area contributed by atoms with Gasteiger partial charge in [0.25, 0.3) is 0 Å². The van der Waals surface area contributed by atoms with Crippen molar-refractivity contribution in [2.24, 2.45) is 5.73 Å². The van der Waals surface area contributed by atoms with Crippen LogP contribution in [0.3, 0.4) is 0 Å². The minimum Gasteiger partial charge on any atom is -0.327 e. The monoisotopic (exact) mass is 261 g/mol. The smallest absolute Gasteiger partial charge is 0.00793 e. The Morgan fingerprint density at radius 2 is 1.42 bits per heavy atom. The molecule has 0 fully saturated rings. The zero-order valence-corrected chi connectivity index (χ0v) is 12.8. The average Bonchev–Trinajstić information content (AvgIpc) is 2.43. The van der Waals surface area contributed by atoms with Crippen LogP contribution in [0, 0.1) is 0 Å². The molecular weight excluding hydrogens is 230 g/mol. The highest BCUT2D eigenvalue weighted by atomic mass is 14.6. The molecule has 1 unspecified atom stereocenters. The molecule has 1 aromatic carbocycles. The third-order valence-corrected chi connectivity index (χ3v) is 3.86. The second kappa shape index (κ2) is 10.0. The Bertz CT molecular complexity index is 315. The summed E-state index contributed by atoms with van der Waals surface area (Å²) in [6, 6.07) is 9.26. The lowest BCUT2D eigenvalue weighted by molar-refractivity contribution is 0.532. The zero-order chi connectivity index (χ0) is 13.9. The lowest BCUT2D eigenvalue weighted by atomic mass is 9.99. The molecule has 19 heavy (non-hydrogen) atoms. The molecular formula is C18H31N. The maximum absolute atomic E-state index is 6.22. The predicted molar refractivity (Wildman–Crippen MR) is 85.5 cm³/mol. The van der Waals surface area contributed by atoms with E-state index >= 15 is 0 Å². The number of unbranched alkanes of at least 4 members (excludes halogenated alkanes) is 5. The van der Waals surface area contributed by atoms with Crippen LogP contribution in [0.1, 0.15) is 69.9 Å². The van der Waals surface area contributed by atoms with Crippen molar-refractivity contribution < 1.29 is 0 Å². The molecule has 1 heteroatoms. The maximum atomic E-state index is 6.22. The summed E-state index contributed by atoms with van der Waals surface area (Å²) < 4.78 is 0. The molecule has 1 atom stereocenters. The number of rotatable bonds is 10. The lowest BCUT2D eigenvalue weighted by Gasteiger charge is -2.12. The fourth-order valence-electron chi connectivity index (χ4n) is 2.50. The Morgan fingerprint density at radius 3 is 2.05 bits per heavy atom. The topological polar surface area (TPSA) is 26.0 Å². The molecule has 0 aliphatic heterocycles. The Kier molecular flexibility index (Phi) is 8.57. The van der Waals surface area contributed by atoms with Gasteiger partial charge in [0.15, 0.2) is 0 Å². The minimum atomic E-state index is 0.332. The summed E-state index contributed by atoms with van der Waals surface area (Å²) in [6.07, 6.45) is 11.4. The van der Waals surface area contributed by atoms with Crippen LogP contribution in [0.4, 0.5) is 0 Å². The molecule has 0 radical (unpaired) electrons. The van der Waals surface area contributed by atoms with Crippen LogP contribution < -0.4 is 5.73 Å². The first-order valence-corrected chi connectivity index (χ1v) is 8.09. The van der Waals surface area contributed by atoms with Crippen LogP contribution >= 0.6 is 0 Å². The normalized spacial score (nSPS) is 12.6. The fraction of sp³-hybridized carbons (Fsp3) is 0.667. The van der Waals surface area contributed by atoms with Crippen LogP contribution in [-0.4, -0.2) is 6.04 Å². The third kappa shape index (κ3) is 7.37. The van der Waals surface area contributed by atoms with Crippen molar-refractivity contribution in [3.8, 4) is 0 Å². The van der Waals surface area contributed by atoms with Gasteiger partial charge in [0, 0.05) is 6.04 Å². The Balaban J connectivity index is 2.14. The van der Waals surface area contributed by atoms with Crippen molar-refractivity contribution in [2.45, 2.75) is 77.7 Å². The van der Waals surface area contributed by atoms with Gasteiger partial charge in [0.2, 0.25) is 0 Å². The van der Waals surface area contributed by atoms with Gasteiger partial charge in [-0.2, -0.15) is 0 Å². The van der Waals surface area contributed by atoms with Gasteiger partial charge in [-0.15, -0.1) is 0 Å². The van der Waals surface area contributed by atoms with E-state index in [1.807, 2.05) is 0 Å². The molecule has 1 nitrogen and oxygen atoms in total. The highest BCUT2D eigenvalue weighted by Gasteiger charge is 2.04. The number of hydrogen-bond acceptors (Lipinski definition) is 1. The van der Waals surface area contributed by atoms with Crippen molar-refractivity contribution in [1.29, 1.82) is 0 Å². The molecule has 0 bridgehead atoms. The summed E-state index contributed by atoms with van der Waals surface area (Å²) in [5, 5.41) is 0. The first-order chi connectivity index (χ1) is 9.26. The molecule has 1 aromatic rings. The quantitative estimate of drug-likeness (QED) is 0.597. The molecule has 0 heterocycles. The molecule has 1 rings (SSSR count). The summed E-state index contributed by atoms with van der Waals surface area (Å²) >= 11 is 0. The lowest BCUT2D eigenvalue weighted by Crippen LogP contribution is -2.22. The first kappa shape index (κ1) is 16.2. The molecule has 0 saturated carbocycles. The summed E-state index contributed by atoms with van der Waals surface area (Å²) in [4.78, 5) is 0. The fourth-order valence-corrected chi connectivity index (χ4v) is 2.50. The van der Waals surface area contributed by atoms with E-state index in [0.29, 0.717) is 6.04 Å². The summed E-state index contributed by atoms with van der Waals surface area (Å²) in [7, 11) is 0. The van der Waals surface area contributed by atoms with Crippen LogP contribution in [0.5, 0.6) is 0 Å². The standard InChI is InChI=1S/C18H31N/c1-3-5-6-7-8-9-10-18(19)15-17-13-11-16(4-2)12-14-17/h11-14,18H,3-10,15,19H2,1-2H3. The molecule has 0 aliphatic rings. The molecule has 0 aliphatic carbocycles. The van der Waals surface area contributed by atoms with E-state index in [1.54, 1.807) is 0 Å². The van der Waals surface area contributed by atoms with Crippen LogP contribution in [0.15, 0.2) is 24.3 Å². The van der Waals surface area contributed by atoms with Crippen molar-refractivity contribution in [3.63, 3.8) is 0 Å². The molecule has 0 saturated heterocycles. The Labute approximate surface area is 119 Å². The van der Waals surface area contributed by atoms with Gasteiger partial charge in [-0.1, -0.05) is 76.6 Å². The summed E-state index contributed by atoms with van der Waals surface area (Å²) in [5.74, 6) is 0. The molecule has 108 valence electrons. The number of hydrogen-bond donors (Lipinski definition) is 1. The van der Waals surface area contributed by atoms with Gasteiger partial charge in [-0.05, 0) is 30.4 Å². The van der Waals surface area contributed by atoms with Crippen LogP contribution in [0.2, 0.25) is 0 Å². The van der Waals surface area contributed by atoms with Crippen molar-refractivity contribution in [1.82, 2.24) is 0 Å². The largest absolute Gasteiger partial charge is 0.327 e. The van der Waals surface area contributed by atoms with Gasteiger partial charge >= 0.3 is 0 Å². The predicted octanol–water partition coefficient (Wildman–Crippen LogP) is 4.87. The van der Waals surface area contributed by atoms with E-state index in [2.05, 4.69) is 38.1 Å². The van der Waals surface area contributed by atoms with E-state index in [4.69, 9.17) is 5.73 Å². The SMILES string of the molecule is CCCCCCCCC(N)Cc1ccc(CC)cc1. The molecule has 2 N–H and O–H groups in total. The van der Waals surface area contributed by atoms with Gasteiger partial charge in [-0.25, -0.2) is 0 Å². The highest BCUT2D eigenvalue weighted by Crippen LogP contribution is 2.12. The molecule has 0 spiro atoms. The average molecular weight is 261 g/mol. The molecule has 0 aromatic heterocycles. The minimum absolute atomic E-state index is 0.332. The number of aryl methyl sites for hydroxylation is 1.